The molecule has 3 fully saturated rings. The molecule has 0 radical (unpaired) electrons. The molecule has 1 amide bonds. The van der Waals surface area contributed by atoms with Crippen molar-refractivity contribution in [2.75, 3.05) is 13.1 Å². The van der Waals surface area contributed by atoms with Crippen LogP contribution in [0.5, 0.6) is 0 Å². The number of pyridine rings is 1. The maximum Gasteiger partial charge on any atom is 0.244 e. The fourth-order valence-electron chi connectivity index (χ4n) is 5.18. The van der Waals surface area contributed by atoms with Crippen LogP contribution in [0.4, 0.5) is 0 Å². The van der Waals surface area contributed by atoms with E-state index in [2.05, 4.69) is 57.7 Å². The summed E-state index contributed by atoms with van der Waals surface area (Å²) in [6, 6.07) is 23.3. The molecule has 3 aromatic rings. The Kier molecular flexibility index (Phi) is 6.13. The number of benzene rings is 2. The van der Waals surface area contributed by atoms with Crippen LogP contribution < -0.4 is 5.32 Å². The lowest BCUT2D eigenvalue weighted by Crippen LogP contribution is -2.64. The number of hydrogen-bond acceptors (Lipinski definition) is 3. The van der Waals surface area contributed by atoms with E-state index in [1.54, 1.807) is 6.08 Å². The van der Waals surface area contributed by atoms with Gasteiger partial charge in [0.1, 0.15) is 0 Å². The van der Waals surface area contributed by atoms with E-state index in [0.717, 1.165) is 25.1 Å². The topological polar surface area (TPSA) is 45.2 Å². The number of aromatic nitrogens is 1. The van der Waals surface area contributed by atoms with Crippen LogP contribution in [0.1, 0.15) is 24.0 Å². The number of fused-ring (bicyclic) bond motifs is 3. The van der Waals surface area contributed by atoms with Crippen molar-refractivity contribution in [2.24, 2.45) is 5.92 Å². The summed E-state index contributed by atoms with van der Waals surface area (Å²) in [6.45, 7) is 2.26. The highest BCUT2D eigenvalue weighted by molar-refractivity contribution is 5.92. The SMILES string of the molecule is O=C(/C=C/c1ccc(-c2ccccc2)cc1)NC1C2CCN(CC2)C1Cc1cccnc1. The minimum absolute atomic E-state index is 0.00734. The van der Waals surface area contributed by atoms with Crippen LogP contribution in [0.15, 0.2) is 85.2 Å². The van der Waals surface area contributed by atoms with E-state index in [0.29, 0.717) is 12.0 Å². The molecular weight excluding hydrogens is 394 g/mol. The Morgan fingerprint density at radius 1 is 0.969 bits per heavy atom. The summed E-state index contributed by atoms with van der Waals surface area (Å²) in [5.41, 5.74) is 4.64. The molecule has 4 nitrogen and oxygen atoms in total. The van der Waals surface area contributed by atoms with Gasteiger partial charge in [-0.1, -0.05) is 60.7 Å². The molecule has 6 rings (SSSR count). The van der Waals surface area contributed by atoms with Crippen LogP contribution >= 0.6 is 0 Å². The van der Waals surface area contributed by atoms with Crippen molar-refractivity contribution < 1.29 is 4.79 Å². The molecule has 3 saturated heterocycles. The molecule has 2 aromatic carbocycles. The van der Waals surface area contributed by atoms with Crippen molar-refractivity contribution in [3.63, 3.8) is 0 Å². The van der Waals surface area contributed by atoms with Gasteiger partial charge < -0.3 is 5.32 Å². The van der Waals surface area contributed by atoms with E-state index < -0.39 is 0 Å². The number of hydrogen-bond donors (Lipinski definition) is 1. The molecule has 0 saturated carbocycles. The smallest absolute Gasteiger partial charge is 0.244 e. The summed E-state index contributed by atoms with van der Waals surface area (Å²) in [7, 11) is 0. The molecule has 2 atom stereocenters. The molecule has 1 N–H and O–H groups in total. The first-order valence-electron chi connectivity index (χ1n) is 11.5. The first-order chi connectivity index (χ1) is 15.8. The number of carbonyl (C=O) groups excluding carboxylic acids is 1. The second-order valence-corrected chi connectivity index (χ2v) is 8.86. The molecule has 2 bridgehead atoms. The van der Waals surface area contributed by atoms with Crippen molar-refractivity contribution in [3.05, 3.63) is 96.3 Å². The van der Waals surface area contributed by atoms with Crippen molar-refractivity contribution >= 4 is 12.0 Å². The van der Waals surface area contributed by atoms with Crippen LogP contribution in [0.2, 0.25) is 0 Å². The Morgan fingerprint density at radius 2 is 1.72 bits per heavy atom. The maximum atomic E-state index is 12.8. The Hall–Kier alpha value is -3.24. The molecule has 1 aromatic heterocycles. The number of piperidine rings is 3. The average Bonchev–Trinajstić information content (AvgIpc) is 2.86. The normalized spacial score (nSPS) is 24.5. The van der Waals surface area contributed by atoms with E-state index in [4.69, 9.17) is 0 Å². The first-order valence-corrected chi connectivity index (χ1v) is 11.5. The molecule has 3 aliphatic rings. The van der Waals surface area contributed by atoms with Crippen LogP contribution in [0, 0.1) is 5.92 Å². The molecule has 3 aliphatic heterocycles. The van der Waals surface area contributed by atoms with E-state index in [1.807, 2.05) is 42.7 Å². The largest absolute Gasteiger partial charge is 0.348 e. The number of amides is 1. The Morgan fingerprint density at radius 3 is 2.44 bits per heavy atom. The third-order valence-electron chi connectivity index (χ3n) is 6.89. The quantitative estimate of drug-likeness (QED) is 0.590. The van der Waals surface area contributed by atoms with E-state index in [9.17, 15) is 4.79 Å². The predicted molar refractivity (Wildman–Crippen MR) is 129 cm³/mol. The fraction of sp³-hybridized carbons (Fsp3) is 0.286. The molecule has 32 heavy (non-hydrogen) atoms. The van der Waals surface area contributed by atoms with Gasteiger partial charge in [0, 0.05) is 30.6 Å². The van der Waals surface area contributed by atoms with Gasteiger partial charge in [-0.3, -0.25) is 14.7 Å². The minimum Gasteiger partial charge on any atom is -0.348 e. The highest BCUT2D eigenvalue weighted by Crippen LogP contribution is 2.34. The number of carbonyl (C=O) groups is 1. The summed E-state index contributed by atoms with van der Waals surface area (Å²) in [5, 5.41) is 3.34. The van der Waals surface area contributed by atoms with Gasteiger partial charge in [-0.15, -0.1) is 0 Å². The zero-order valence-corrected chi connectivity index (χ0v) is 18.2. The number of nitrogens with one attached hydrogen (secondary N) is 1. The van der Waals surface area contributed by atoms with Crippen LogP contribution in [-0.2, 0) is 11.2 Å². The lowest BCUT2D eigenvalue weighted by molar-refractivity contribution is -0.119. The summed E-state index contributed by atoms with van der Waals surface area (Å²) < 4.78 is 0. The molecule has 162 valence electrons. The lowest BCUT2D eigenvalue weighted by atomic mass is 9.77. The van der Waals surface area contributed by atoms with Gasteiger partial charge in [0.05, 0.1) is 0 Å². The van der Waals surface area contributed by atoms with Crippen molar-refractivity contribution in [2.45, 2.75) is 31.3 Å². The molecule has 0 spiro atoms. The standard InChI is InChI=1S/C28H29N3O/c32-27(13-10-21-8-11-24(12-9-21)23-6-2-1-3-7-23)30-28-25-14-17-31(18-15-25)26(28)19-22-5-4-16-29-20-22/h1-13,16,20,25-26,28H,14-15,17-19H2,(H,30,32)/b13-10+. The fourth-order valence-corrected chi connectivity index (χ4v) is 5.18. The third kappa shape index (κ3) is 4.66. The van der Waals surface area contributed by atoms with Crippen molar-refractivity contribution in [1.29, 1.82) is 0 Å². The minimum atomic E-state index is -0.00734. The van der Waals surface area contributed by atoms with Crippen LogP contribution in [0.25, 0.3) is 17.2 Å². The Bertz CT molecular complexity index is 1050. The van der Waals surface area contributed by atoms with Gasteiger partial charge in [-0.25, -0.2) is 0 Å². The van der Waals surface area contributed by atoms with Crippen molar-refractivity contribution in [1.82, 2.24) is 15.2 Å². The highest BCUT2D eigenvalue weighted by Gasteiger charge is 2.42. The van der Waals surface area contributed by atoms with Crippen LogP contribution in [-0.4, -0.2) is 41.0 Å². The molecule has 0 aliphatic carbocycles. The van der Waals surface area contributed by atoms with Gasteiger partial charge in [0.15, 0.2) is 0 Å². The summed E-state index contributed by atoms with van der Waals surface area (Å²) in [4.78, 5) is 19.6. The van der Waals surface area contributed by atoms with E-state index in [-0.39, 0.29) is 11.9 Å². The third-order valence-corrected chi connectivity index (χ3v) is 6.89. The van der Waals surface area contributed by atoms with Gasteiger partial charge in [-0.05, 0) is 72.7 Å². The summed E-state index contributed by atoms with van der Waals surface area (Å²) in [6.07, 6.45) is 10.6. The second-order valence-electron chi connectivity index (χ2n) is 8.86. The van der Waals surface area contributed by atoms with Gasteiger partial charge >= 0.3 is 0 Å². The first kappa shape index (κ1) is 20.7. The molecular formula is C28H29N3O. The number of nitrogens with zero attached hydrogens (tertiary/aromatic N) is 2. The summed E-state index contributed by atoms with van der Waals surface area (Å²) >= 11 is 0. The van der Waals surface area contributed by atoms with Gasteiger partial charge in [-0.2, -0.15) is 0 Å². The lowest BCUT2D eigenvalue weighted by Gasteiger charge is -2.51. The van der Waals surface area contributed by atoms with Gasteiger partial charge in [0.25, 0.3) is 0 Å². The van der Waals surface area contributed by atoms with E-state index >= 15 is 0 Å². The Labute approximate surface area is 190 Å². The van der Waals surface area contributed by atoms with Crippen LogP contribution in [0.3, 0.4) is 0 Å². The maximum absolute atomic E-state index is 12.8. The number of rotatable bonds is 6. The average molecular weight is 424 g/mol. The molecule has 2 unspecified atom stereocenters. The zero-order valence-electron chi connectivity index (χ0n) is 18.2. The predicted octanol–water partition coefficient (Wildman–Crippen LogP) is 4.58. The highest BCUT2D eigenvalue weighted by atomic mass is 16.1. The zero-order chi connectivity index (χ0) is 21.8. The Balaban J connectivity index is 1.24. The van der Waals surface area contributed by atoms with E-state index in [1.165, 1.54) is 29.5 Å². The monoisotopic (exact) mass is 423 g/mol. The summed E-state index contributed by atoms with van der Waals surface area (Å²) in [5.74, 6) is 0.552. The van der Waals surface area contributed by atoms with Crippen molar-refractivity contribution in [3.8, 4) is 11.1 Å². The van der Waals surface area contributed by atoms with Gasteiger partial charge in [0.2, 0.25) is 5.91 Å². The molecule has 4 heterocycles. The molecule has 4 heteroatoms. The second kappa shape index (κ2) is 9.49.